The zero-order valence-electron chi connectivity index (χ0n) is 31.6. The molecular weight excluding hydrogens is 635 g/mol. The summed E-state index contributed by atoms with van der Waals surface area (Å²) in [5.74, 6) is 2.64. The van der Waals surface area contributed by atoms with Gasteiger partial charge in [-0.15, -0.1) is 0 Å². The molecule has 0 radical (unpaired) electrons. The van der Waals surface area contributed by atoms with Gasteiger partial charge in [0, 0.05) is 16.7 Å². The minimum atomic E-state index is 0.213. The molecule has 0 atom stereocenters. The Morgan fingerprint density at radius 1 is 0.481 bits per heavy atom. The van der Waals surface area contributed by atoms with Crippen LogP contribution in [0.2, 0.25) is 0 Å². The number of hydrogen-bond donors (Lipinski definition) is 1. The number of phenols is 1. The summed E-state index contributed by atoms with van der Waals surface area (Å²) >= 11 is 0. The van der Waals surface area contributed by atoms with Gasteiger partial charge in [-0.2, -0.15) is 0 Å². The highest BCUT2D eigenvalue weighted by atomic mass is 16.3. The topological polar surface area (TPSA) is 50.9 Å². The Bertz CT molecular complexity index is 2340. The van der Waals surface area contributed by atoms with Gasteiger partial charge in [-0.1, -0.05) is 134 Å². The molecule has 2 aromatic heterocycles. The second-order valence-corrected chi connectivity index (χ2v) is 15.3. The Morgan fingerprint density at radius 2 is 1.10 bits per heavy atom. The van der Waals surface area contributed by atoms with Crippen LogP contribution in [0.3, 0.4) is 0 Å². The molecule has 0 bridgehead atoms. The highest BCUT2D eigenvalue weighted by Crippen LogP contribution is 2.39. The van der Waals surface area contributed by atoms with Crippen LogP contribution < -0.4 is 0 Å². The number of aromatic nitrogens is 3. The van der Waals surface area contributed by atoms with Crippen LogP contribution in [0.5, 0.6) is 5.75 Å². The van der Waals surface area contributed by atoms with Crippen molar-refractivity contribution in [3.05, 3.63) is 144 Å². The first kappa shape index (κ1) is 34.9. The summed E-state index contributed by atoms with van der Waals surface area (Å²) in [6.07, 6.45) is 0. The van der Waals surface area contributed by atoms with Crippen molar-refractivity contribution in [2.75, 3.05) is 0 Å². The highest BCUT2D eigenvalue weighted by Gasteiger charge is 2.22. The maximum absolute atomic E-state index is 11.2. The van der Waals surface area contributed by atoms with E-state index in [4.69, 9.17) is 9.97 Å². The van der Waals surface area contributed by atoms with Crippen LogP contribution in [0.1, 0.15) is 101 Å². The van der Waals surface area contributed by atoms with E-state index >= 15 is 0 Å². The maximum Gasteiger partial charge on any atom is 0.145 e. The third-order valence-corrected chi connectivity index (χ3v) is 10.2. The van der Waals surface area contributed by atoms with Crippen molar-refractivity contribution in [3.8, 4) is 56.5 Å². The van der Waals surface area contributed by atoms with Crippen LogP contribution in [-0.4, -0.2) is 19.6 Å². The molecule has 2 heterocycles. The van der Waals surface area contributed by atoms with Crippen molar-refractivity contribution < 1.29 is 5.11 Å². The van der Waals surface area contributed by atoms with Crippen molar-refractivity contribution in [1.29, 1.82) is 0 Å². The van der Waals surface area contributed by atoms with Gasteiger partial charge < -0.3 is 5.11 Å². The monoisotopic (exact) mass is 683 g/mol. The van der Waals surface area contributed by atoms with Crippen molar-refractivity contribution in [2.24, 2.45) is 0 Å². The van der Waals surface area contributed by atoms with Crippen LogP contribution in [0.15, 0.2) is 121 Å². The number of rotatable bonds is 9. The lowest BCUT2D eigenvalue weighted by atomic mass is 9.90. The Morgan fingerprint density at radius 3 is 1.77 bits per heavy atom. The fraction of sp³-hybridized carbons (Fsp3) is 0.250. The summed E-state index contributed by atoms with van der Waals surface area (Å²) in [6, 6.07) is 42.4. The molecule has 4 nitrogen and oxygen atoms in total. The van der Waals surface area contributed by atoms with E-state index in [1.165, 1.54) is 27.9 Å². The zero-order chi connectivity index (χ0) is 36.7. The smallest absolute Gasteiger partial charge is 0.145 e. The quantitative estimate of drug-likeness (QED) is 0.165. The minimum absolute atomic E-state index is 0.213. The van der Waals surface area contributed by atoms with Gasteiger partial charge in [0.2, 0.25) is 0 Å². The lowest BCUT2D eigenvalue weighted by molar-refractivity contribution is 0.477. The van der Waals surface area contributed by atoms with E-state index in [0.717, 1.165) is 50.5 Å². The van der Waals surface area contributed by atoms with Crippen LogP contribution in [-0.2, 0) is 0 Å². The molecule has 0 amide bonds. The molecule has 0 fully saturated rings. The maximum atomic E-state index is 11.2. The predicted molar refractivity (Wildman–Crippen MR) is 219 cm³/mol. The van der Waals surface area contributed by atoms with Crippen LogP contribution in [0.4, 0.5) is 0 Å². The van der Waals surface area contributed by atoms with Crippen molar-refractivity contribution >= 4 is 11.0 Å². The number of benzene rings is 5. The van der Waals surface area contributed by atoms with E-state index in [0.29, 0.717) is 29.2 Å². The number of pyridine rings is 1. The predicted octanol–water partition coefficient (Wildman–Crippen LogP) is 13.3. The first-order chi connectivity index (χ1) is 25.0. The Labute approximate surface area is 308 Å². The molecule has 0 spiro atoms. The first-order valence-corrected chi connectivity index (χ1v) is 18.7. The average molecular weight is 684 g/mol. The molecule has 262 valence electrons. The van der Waals surface area contributed by atoms with Gasteiger partial charge in [0.05, 0.1) is 28.1 Å². The molecule has 0 aliphatic rings. The summed E-state index contributed by atoms with van der Waals surface area (Å²) in [4.78, 5) is 10.4. The number of phenolic OH excluding ortho intramolecular Hbond substituents is 1. The summed E-state index contributed by atoms with van der Waals surface area (Å²) in [5.41, 5.74) is 15.0. The number of imidazole rings is 1. The lowest BCUT2D eigenvalue weighted by Gasteiger charge is -2.22. The molecule has 0 aliphatic heterocycles. The molecule has 0 saturated carbocycles. The molecular formula is C48H49N3O. The second-order valence-electron chi connectivity index (χ2n) is 15.3. The first-order valence-electron chi connectivity index (χ1n) is 18.7. The van der Waals surface area contributed by atoms with Crippen molar-refractivity contribution in [2.45, 2.75) is 79.1 Å². The van der Waals surface area contributed by atoms with E-state index in [2.05, 4.69) is 151 Å². The Balaban J connectivity index is 1.33. The van der Waals surface area contributed by atoms with Gasteiger partial charge in [-0.05, 0) is 99.5 Å². The van der Waals surface area contributed by atoms with E-state index in [1.807, 2.05) is 24.3 Å². The molecule has 7 aromatic rings. The number of hydrogen-bond acceptors (Lipinski definition) is 3. The summed E-state index contributed by atoms with van der Waals surface area (Å²) in [5, 5.41) is 11.2. The molecule has 1 N–H and O–H groups in total. The SMILES string of the molecule is CC(C)c1cc(-c2ccc(O)c(-c3cccc(-c4cccc(-c5nc6ccccc6n5-c5c(C(C)C)cccc5C(C)C)c4)n3)c2)cc(C(C)C)c1. The second kappa shape index (κ2) is 14.3. The standard InChI is InChI=1S/C48H49N3O/c1-29(2)36-25-37(30(3)4)27-38(26-36)33-22-23-46(52)41(28-33)43-20-13-19-42(49-43)34-14-11-15-35(24-34)48-50-44-18-9-10-21-45(44)51(48)47-39(31(5)6)16-12-17-40(47)32(7)8/h9-32,52H,1-8H3. The van der Waals surface area contributed by atoms with E-state index in [1.54, 1.807) is 6.07 Å². The molecule has 5 aromatic carbocycles. The molecule has 0 saturated heterocycles. The van der Waals surface area contributed by atoms with Gasteiger partial charge in [-0.3, -0.25) is 4.57 Å². The van der Waals surface area contributed by atoms with Gasteiger partial charge in [0.1, 0.15) is 11.6 Å². The number of aromatic hydroxyl groups is 1. The Kier molecular flexibility index (Phi) is 9.59. The largest absolute Gasteiger partial charge is 0.507 e. The number of nitrogens with zero attached hydrogens (tertiary/aromatic N) is 3. The fourth-order valence-corrected chi connectivity index (χ4v) is 7.21. The van der Waals surface area contributed by atoms with Gasteiger partial charge in [0.15, 0.2) is 0 Å². The molecule has 0 aliphatic carbocycles. The summed E-state index contributed by atoms with van der Waals surface area (Å²) in [7, 11) is 0. The third kappa shape index (κ3) is 6.66. The van der Waals surface area contributed by atoms with E-state index in [-0.39, 0.29) is 5.75 Å². The van der Waals surface area contributed by atoms with Crippen LogP contribution in [0.25, 0.3) is 61.8 Å². The van der Waals surface area contributed by atoms with Crippen molar-refractivity contribution in [3.63, 3.8) is 0 Å². The van der Waals surface area contributed by atoms with E-state index in [9.17, 15) is 5.11 Å². The Hall–Kier alpha value is -5.48. The number of fused-ring (bicyclic) bond motifs is 1. The fourth-order valence-electron chi connectivity index (χ4n) is 7.21. The number of para-hydroxylation sites is 3. The van der Waals surface area contributed by atoms with E-state index < -0.39 is 0 Å². The highest BCUT2D eigenvalue weighted by molar-refractivity contribution is 5.85. The molecule has 52 heavy (non-hydrogen) atoms. The normalized spacial score (nSPS) is 11.8. The lowest BCUT2D eigenvalue weighted by Crippen LogP contribution is -2.08. The van der Waals surface area contributed by atoms with Crippen molar-refractivity contribution in [1.82, 2.24) is 14.5 Å². The van der Waals surface area contributed by atoms with Gasteiger partial charge >= 0.3 is 0 Å². The van der Waals surface area contributed by atoms with Crippen LogP contribution in [0, 0.1) is 0 Å². The minimum Gasteiger partial charge on any atom is -0.507 e. The molecule has 4 heteroatoms. The van der Waals surface area contributed by atoms with Gasteiger partial charge in [-0.25, -0.2) is 9.97 Å². The summed E-state index contributed by atoms with van der Waals surface area (Å²) < 4.78 is 2.37. The summed E-state index contributed by atoms with van der Waals surface area (Å²) in [6.45, 7) is 18.0. The molecule has 7 rings (SSSR count). The van der Waals surface area contributed by atoms with Crippen LogP contribution >= 0.6 is 0 Å². The molecule has 0 unspecified atom stereocenters. The zero-order valence-corrected chi connectivity index (χ0v) is 31.6. The average Bonchev–Trinajstić information content (AvgIpc) is 3.54. The van der Waals surface area contributed by atoms with Gasteiger partial charge in [0.25, 0.3) is 0 Å². The third-order valence-electron chi connectivity index (χ3n) is 10.2.